The molecule has 0 heterocycles. The van der Waals surface area contributed by atoms with Crippen LogP contribution in [0.2, 0.25) is 0 Å². The molecule has 0 aliphatic rings. The van der Waals surface area contributed by atoms with E-state index in [0.717, 1.165) is 0 Å². The van der Waals surface area contributed by atoms with Gasteiger partial charge in [-0.3, -0.25) is 9.52 Å². The van der Waals surface area contributed by atoms with Crippen molar-refractivity contribution >= 4 is 33.4 Å². The van der Waals surface area contributed by atoms with Crippen molar-refractivity contribution in [1.82, 2.24) is 0 Å². The van der Waals surface area contributed by atoms with Crippen molar-refractivity contribution < 1.29 is 32.3 Å². The van der Waals surface area contributed by atoms with E-state index >= 15 is 0 Å². The second-order valence-corrected chi connectivity index (χ2v) is 7.52. The van der Waals surface area contributed by atoms with Gasteiger partial charge in [-0.15, -0.1) is 0 Å². The number of hydrogen-bond donors (Lipinski definition) is 1. The summed E-state index contributed by atoms with van der Waals surface area (Å²) in [4.78, 5) is 34.5. The van der Waals surface area contributed by atoms with E-state index in [1.807, 2.05) is 0 Å². The zero-order chi connectivity index (χ0) is 20.9. The number of ketones is 1. The number of sulfonamides is 1. The number of carbonyl (C=O) groups excluding carboxylic acids is 3. The largest absolute Gasteiger partial charge is 0.466 e. The van der Waals surface area contributed by atoms with Crippen LogP contribution in [0.5, 0.6) is 0 Å². The third-order valence-corrected chi connectivity index (χ3v) is 5.16. The first-order valence-corrected chi connectivity index (χ1v) is 9.65. The Morgan fingerprint density at radius 2 is 1.46 bits per heavy atom. The molecule has 0 aliphatic carbocycles. The van der Waals surface area contributed by atoms with Gasteiger partial charge in [-0.2, -0.15) is 0 Å². The van der Waals surface area contributed by atoms with E-state index in [1.165, 1.54) is 69.5 Å². The minimum atomic E-state index is -3.86. The van der Waals surface area contributed by atoms with Gasteiger partial charge >= 0.3 is 11.9 Å². The number of Topliss-reactive ketones (excluding diaryl/α,β-unsaturated/α-hetero) is 1. The number of methoxy groups -OCH3 is 1. The lowest BCUT2D eigenvalue weighted by Crippen LogP contribution is -2.25. The van der Waals surface area contributed by atoms with E-state index in [4.69, 9.17) is 4.74 Å². The Hall–Kier alpha value is -3.20. The van der Waals surface area contributed by atoms with Gasteiger partial charge in [0.25, 0.3) is 10.0 Å². The molecule has 148 valence electrons. The van der Waals surface area contributed by atoms with Crippen LogP contribution in [0.4, 0.5) is 5.69 Å². The van der Waals surface area contributed by atoms with E-state index in [9.17, 15) is 22.8 Å². The third-order valence-electron chi connectivity index (χ3n) is 3.76. The average Bonchev–Trinajstić information content (AvgIpc) is 2.67. The fourth-order valence-corrected chi connectivity index (χ4v) is 3.26. The van der Waals surface area contributed by atoms with Crippen molar-refractivity contribution in [2.45, 2.75) is 24.8 Å². The predicted octanol–water partition coefficient (Wildman–Crippen LogP) is 2.41. The van der Waals surface area contributed by atoms with Gasteiger partial charge in [0.05, 0.1) is 17.6 Å². The van der Waals surface area contributed by atoms with E-state index in [1.54, 1.807) is 0 Å². The van der Waals surface area contributed by atoms with Crippen LogP contribution in [0.15, 0.2) is 53.4 Å². The highest BCUT2D eigenvalue weighted by Crippen LogP contribution is 2.18. The molecule has 0 saturated carbocycles. The van der Waals surface area contributed by atoms with Crippen LogP contribution < -0.4 is 4.72 Å². The Morgan fingerprint density at radius 1 is 0.929 bits per heavy atom. The minimum Gasteiger partial charge on any atom is -0.466 e. The number of carbonyl (C=O) groups is 3. The van der Waals surface area contributed by atoms with E-state index in [0.29, 0.717) is 5.56 Å². The quantitative estimate of drug-likeness (QED) is 0.555. The van der Waals surface area contributed by atoms with Crippen LogP contribution in [0.1, 0.15) is 34.6 Å². The molecule has 0 spiro atoms. The molecule has 0 bridgehead atoms. The molecule has 0 unspecified atom stereocenters. The molecule has 2 rings (SSSR count). The molecule has 0 aliphatic heterocycles. The summed E-state index contributed by atoms with van der Waals surface area (Å²) in [5, 5.41) is 0. The Balaban J connectivity index is 2.09. The fourth-order valence-electron chi connectivity index (χ4n) is 2.20. The molecule has 0 aromatic heterocycles. The van der Waals surface area contributed by atoms with Gasteiger partial charge in [0.15, 0.2) is 11.9 Å². The summed E-state index contributed by atoms with van der Waals surface area (Å²) in [5.74, 6) is -1.60. The van der Waals surface area contributed by atoms with Crippen molar-refractivity contribution in [2.24, 2.45) is 0 Å². The highest BCUT2D eigenvalue weighted by Gasteiger charge is 2.20. The van der Waals surface area contributed by atoms with E-state index in [2.05, 4.69) is 9.46 Å². The van der Waals surface area contributed by atoms with Crippen LogP contribution in [0.25, 0.3) is 0 Å². The Labute approximate surface area is 162 Å². The maximum atomic E-state index is 12.4. The lowest BCUT2D eigenvalue weighted by molar-refractivity contribution is -0.149. The van der Waals surface area contributed by atoms with Crippen molar-refractivity contribution in [3.8, 4) is 0 Å². The SMILES string of the molecule is COC(=O)[C@@H](C)OC(=O)c1ccc(NS(=O)(=O)c2ccc(C(C)=O)cc2)cc1. The predicted molar refractivity (Wildman–Crippen MR) is 101 cm³/mol. The molecule has 2 aromatic carbocycles. The van der Waals surface area contributed by atoms with Gasteiger partial charge in [-0.25, -0.2) is 18.0 Å². The maximum Gasteiger partial charge on any atom is 0.346 e. The van der Waals surface area contributed by atoms with Gasteiger partial charge in [0.1, 0.15) is 0 Å². The number of esters is 2. The molecule has 8 nitrogen and oxygen atoms in total. The van der Waals surface area contributed by atoms with Gasteiger partial charge in [-0.1, -0.05) is 12.1 Å². The molecule has 9 heteroatoms. The van der Waals surface area contributed by atoms with Gasteiger partial charge in [0.2, 0.25) is 0 Å². The monoisotopic (exact) mass is 405 g/mol. The molecular weight excluding hydrogens is 386 g/mol. The number of benzene rings is 2. The lowest BCUT2D eigenvalue weighted by atomic mass is 10.2. The van der Waals surface area contributed by atoms with Crippen molar-refractivity contribution in [3.63, 3.8) is 0 Å². The average molecular weight is 405 g/mol. The van der Waals surface area contributed by atoms with Crippen molar-refractivity contribution in [1.29, 1.82) is 0 Å². The van der Waals surface area contributed by atoms with Crippen LogP contribution in [-0.4, -0.2) is 39.4 Å². The molecule has 0 amide bonds. The zero-order valence-electron chi connectivity index (χ0n) is 15.5. The normalized spacial score (nSPS) is 12.0. The Morgan fingerprint density at radius 3 is 1.96 bits per heavy atom. The second-order valence-electron chi connectivity index (χ2n) is 5.83. The Kier molecular flexibility index (Phi) is 6.53. The zero-order valence-corrected chi connectivity index (χ0v) is 16.3. The molecule has 0 radical (unpaired) electrons. The molecule has 0 fully saturated rings. The van der Waals surface area contributed by atoms with Crippen LogP contribution in [-0.2, 0) is 24.3 Å². The van der Waals surface area contributed by atoms with Crippen molar-refractivity contribution in [2.75, 3.05) is 11.8 Å². The molecule has 28 heavy (non-hydrogen) atoms. The first-order valence-electron chi connectivity index (χ1n) is 8.16. The summed E-state index contributed by atoms with van der Waals surface area (Å²) in [7, 11) is -2.68. The van der Waals surface area contributed by atoms with Crippen LogP contribution >= 0.6 is 0 Å². The smallest absolute Gasteiger partial charge is 0.346 e. The van der Waals surface area contributed by atoms with Gasteiger partial charge in [0, 0.05) is 11.3 Å². The van der Waals surface area contributed by atoms with Gasteiger partial charge in [-0.05, 0) is 50.2 Å². The highest BCUT2D eigenvalue weighted by atomic mass is 32.2. The number of hydrogen-bond acceptors (Lipinski definition) is 7. The molecule has 1 atom stereocenters. The summed E-state index contributed by atoms with van der Waals surface area (Å²) in [6.07, 6.45) is -1.06. The number of nitrogens with one attached hydrogen (secondary N) is 1. The highest BCUT2D eigenvalue weighted by molar-refractivity contribution is 7.92. The topological polar surface area (TPSA) is 116 Å². The van der Waals surface area contributed by atoms with Crippen LogP contribution in [0, 0.1) is 0 Å². The molecule has 1 N–H and O–H groups in total. The molecule has 0 saturated heterocycles. The minimum absolute atomic E-state index is 0.00658. The van der Waals surface area contributed by atoms with Gasteiger partial charge < -0.3 is 9.47 Å². The van der Waals surface area contributed by atoms with E-state index < -0.39 is 28.1 Å². The molecule has 2 aromatic rings. The second kappa shape index (κ2) is 8.66. The fraction of sp³-hybridized carbons (Fsp3) is 0.211. The first-order chi connectivity index (χ1) is 13.1. The summed E-state index contributed by atoms with van der Waals surface area (Å²) in [6.45, 7) is 2.77. The maximum absolute atomic E-state index is 12.4. The molecular formula is C19H19NO7S. The summed E-state index contributed by atoms with van der Waals surface area (Å²) < 4.78 is 36.6. The number of rotatable bonds is 7. The van der Waals surface area contributed by atoms with Crippen molar-refractivity contribution in [3.05, 3.63) is 59.7 Å². The van der Waals surface area contributed by atoms with E-state index in [-0.39, 0.29) is 21.9 Å². The lowest BCUT2D eigenvalue weighted by Gasteiger charge is -2.12. The summed E-state index contributed by atoms with van der Waals surface area (Å²) in [6, 6.07) is 11.0. The number of ether oxygens (including phenoxy) is 2. The third kappa shape index (κ3) is 5.17. The summed E-state index contributed by atoms with van der Waals surface area (Å²) >= 11 is 0. The van der Waals surface area contributed by atoms with Crippen LogP contribution in [0.3, 0.4) is 0 Å². The standard InChI is InChI=1S/C19H19NO7S/c1-12(21)14-6-10-17(11-7-14)28(24,25)20-16-8-4-15(5-9-16)19(23)27-13(2)18(22)26-3/h4-11,13,20H,1-3H3/t13-/m1/s1. The summed E-state index contributed by atoms with van der Waals surface area (Å²) in [5.41, 5.74) is 0.778. The Bertz CT molecular complexity index is 980. The first kappa shape index (κ1) is 21.1. The number of anilines is 1.